The first kappa shape index (κ1) is 20.1. The van der Waals surface area contributed by atoms with Crippen molar-refractivity contribution in [2.75, 3.05) is 13.1 Å². The van der Waals surface area contributed by atoms with Crippen LogP contribution in [-0.4, -0.2) is 42.5 Å². The quantitative estimate of drug-likeness (QED) is 0.579. The van der Waals surface area contributed by atoms with E-state index in [0.29, 0.717) is 23.2 Å². The molecule has 0 N–H and O–H groups in total. The lowest BCUT2D eigenvalue weighted by Gasteiger charge is -2.63. The van der Waals surface area contributed by atoms with Crippen molar-refractivity contribution < 1.29 is 18.9 Å². The summed E-state index contributed by atoms with van der Waals surface area (Å²) in [6.45, 7) is 8.65. The molecule has 4 aliphatic rings. The van der Waals surface area contributed by atoms with Crippen LogP contribution in [0.3, 0.4) is 0 Å². The van der Waals surface area contributed by atoms with Gasteiger partial charge in [0.1, 0.15) is 0 Å². The smallest absolute Gasteiger partial charge is 0.575 e. The topological polar surface area (TPSA) is 55.8 Å². The van der Waals surface area contributed by atoms with Crippen LogP contribution in [0.25, 0.3) is 6.08 Å². The third-order valence-electron chi connectivity index (χ3n) is 7.49. The Labute approximate surface area is 173 Å². The highest BCUT2D eigenvalue weighted by Crippen LogP contribution is 2.62. The molecule has 0 unspecified atom stereocenters. The van der Waals surface area contributed by atoms with Crippen LogP contribution < -0.4 is 0 Å². The van der Waals surface area contributed by atoms with E-state index in [4.69, 9.17) is 9.31 Å². The molecule has 4 atom stereocenters. The summed E-state index contributed by atoms with van der Waals surface area (Å²) in [5.74, 6) is 2.52. The van der Waals surface area contributed by atoms with Crippen molar-refractivity contribution in [3.05, 3.63) is 48.7 Å². The SMILES string of the molecule is [CH2+][B-]1(/C=C/c2ccccc2)OC(=O)CN([C@@H]2C[C@@H]3C[C@H]([C@H]2C)C3(C)C)CC(=O)O1. The summed E-state index contributed by atoms with van der Waals surface area (Å²) in [5.41, 5.74) is 1.28. The minimum Gasteiger partial charge on any atom is -0.612 e. The number of fused-ring (bicyclic) bond motifs is 2. The molecule has 154 valence electrons. The molecule has 3 aliphatic carbocycles. The molecular weight excluding hydrogens is 365 g/mol. The van der Waals surface area contributed by atoms with Crippen molar-refractivity contribution in [2.45, 2.75) is 39.7 Å². The van der Waals surface area contributed by atoms with Gasteiger partial charge in [-0.25, -0.2) is 0 Å². The number of benzene rings is 1. The van der Waals surface area contributed by atoms with Crippen LogP contribution >= 0.6 is 0 Å². The highest BCUT2D eigenvalue weighted by molar-refractivity contribution is 6.77. The summed E-state index contributed by atoms with van der Waals surface area (Å²) in [7, 11) is 0. The average Bonchev–Trinajstić information content (AvgIpc) is 2.65. The Morgan fingerprint density at radius 3 is 2.28 bits per heavy atom. The molecule has 1 aliphatic heterocycles. The van der Waals surface area contributed by atoms with Gasteiger partial charge in [0.2, 0.25) is 0 Å². The molecule has 5 nitrogen and oxygen atoms in total. The number of rotatable bonds is 3. The zero-order valence-electron chi connectivity index (χ0n) is 17.5. The number of carbonyl (C=O) groups is 2. The Morgan fingerprint density at radius 1 is 1.10 bits per heavy atom. The van der Waals surface area contributed by atoms with E-state index in [1.165, 1.54) is 6.42 Å². The maximum atomic E-state index is 12.6. The normalized spacial score (nSPS) is 33.9. The first-order chi connectivity index (χ1) is 13.7. The molecule has 0 amide bonds. The third-order valence-corrected chi connectivity index (χ3v) is 7.49. The fraction of sp³-hybridized carbons (Fsp3) is 0.522. The Morgan fingerprint density at radius 2 is 1.72 bits per heavy atom. The maximum absolute atomic E-state index is 12.6. The van der Waals surface area contributed by atoms with E-state index in [9.17, 15) is 9.59 Å². The van der Waals surface area contributed by atoms with Gasteiger partial charge in [-0.05, 0) is 48.4 Å². The summed E-state index contributed by atoms with van der Waals surface area (Å²) in [4.78, 5) is 27.2. The molecule has 0 spiro atoms. The fourth-order valence-electron chi connectivity index (χ4n) is 5.67. The summed E-state index contributed by atoms with van der Waals surface area (Å²) in [6, 6.07) is 9.78. The van der Waals surface area contributed by atoms with Crippen molar-refractivity contribution in [2.24, 2.45) is 23.2 Å². The molecule has 3 saturated carbocycles. The number of hydrogen-bond donors (Lipinski definition) is 0. The number of nitrogens with zero attached hydrogens (tertiary/aromatic N) is 1. The lowest BCUT2D eigenvalue weighted by Crippen LogP contribution is -2.62. The number of carbonyl (C=O) groups excluding carboxylic acids is 2. The Balaban J connectivity index is 1.46. The summed E-state index contributed by atoms with van der Waals surface area (Å²) in [6.07, 6.45) is 4.04. The van der Waals surface area contributed by atoms with E-state index in [2.05, 4.69) is 27.6 Å². The molecule has 1 heterocycles. The zero-order valence-corrected chi connectivity index (χ0v) is 17.5. The van der Waals surface area contributed by atoms with Gasteiger partial charge in [-0.2, -0.15) is 0 Å². The van der Waals surface area contributed by atoms with Gasteiger partial charge in [0, 0.05) is 6.04 Å². The van der Waals surface area contributed by atoms with Crippen LogP contribution in [0.1, 0.15) is 39.2 Å². The summed E-state index contributed by atoms with van der Waals surface area (Å²) < 4.78 is 11.1. The van der Waals surface area contributed by atoms with Gasteiger partial charge in [-0.3, -0.25) is 14.5 Å². The van der Waals surface area contributed by atoms with Gasteiger partial charge >= 0.3 is 6.55 Å². The molecule has 5 rings (SSSR count). The van der Waals surface area contributed by atoms with Gasteiger partial charge < -0.3 is 9.31 Å². The van der Waals surface area contributed by atoms with Crippen LogP contribution in [0.4, 0.5) is 0 Å². The fourth-order valence-corrected chi connectivity index (χ4v) is 5.67. The third kappa shape index (κ3) is 3.82. The van der Waals surface area contributed by atoms with E-state index >= 15 is 0 Å². The van der Waals surface area contributed by atoms with Crippen molar-refractivity contribution in [1.29, 1.82) is 0 Å². The predicted octanol–water partition coefficient (Wildman–Crippen LogP) is 3.53. The summed E-state index contributed by atoms with van der Waals surface area (Å²) in [5, 5.41) is 0. The molecule has 1 saturated heterocycles. The largest absolute Gasteiger partial charge is 0.612 e. The molecule has 29 heavy (non-hydrogen) atoms. The maximum Gasteiger partial charge on any atom is 0.575 e. The van der Waals surface area contributed by atoms with Crippen LogP contribution in [0.2, 0.25) is 0 Å². The molecule has 1 aromatic carbocycles. The van der Waals surface area contributed by atoms with E-state index in [0.717, 1.165) is 12.0 Å². The van der Waals surface area contributed by atoms with Crippen LogP contribution in [-0.2, 0) is 18.9 Å². The lowest BCUT2D eigenvalue weighted by atomic mass is 9.44. The zero-order chi connectivity index (χ0) is 20.8. The van der Waals surface area contributed by atoms with E-state index < -0.39 is 18.5 Å². The Bertz CT molecular complexity index is 801. The molecule has 2 bridgehead atoms. The van der Waals surface area contributed by atoms with Crippen molar-refractivity contribution in [3.63, 3.8) is 0 Å². The lowest BCUT2D eigenvalue weighted by molar-refractivity contribution is -0.161. The monoisotopic (exact) mass is 395 g/mol. The second-order valence-electron chi connectivity index (χ2n) is 9.61. The van der Waals surface area contributed by atoms with Crippen molar-refractivity contribution in [3.8, 4) is 0 Å². The standard InChI is InChI=1S/C23H30BNO4/c1-16-19-12-18(23(19,2)3)13-20(16)25-14-21(26)28-24(4,29-22(27)15-25)11-10-17-8-6-5-7-9-17/h5-11,16,18-20H,4,12-15H2,1-3H3/b11-10+/t16-,18+,19-,20-/m1/s1. The van der Waals surface area contributed by atoms with Gasteiger partial charge in [0.25, 0.3) is 11.9 Å². The number of hydrogen-bond acceptors (Lipinski definition) is 5. The second-order valence-corrected chi connectivity index (χ2v) is 9.61. The van der Waals surface area contributed by atoms with Gasteiger partial charge in [0.05, 0.1) is 13.1 Å². The highest BCUT2D eigenvalue weighted by Gasteiger charge is 2.57. The van der Waals surface area contributed by atoms with Crippen LogP contribution in [0.5, 0.6) is 0 Å². The molecule has 4 fully saturated rings. The Hall–Kier alpha value is -2.21. The molecular formula is C23H30BNO4. The van der Waals surface area contributed by atoms with Crippen molar-refractivity contribution >= 4 is 24.6 Å². The molecule has 1 aromatic rings. The molecule has 0 radical (unpaired) electrons. The first-order valence-electron chi connectivity index (χ1n) is 10.6. The molecule has 0 aromatic heterocycles. The highest BCUT2D eigenvalue weighted by atomic mass is 16.7. The van der Waals surface area contributed by atoms with E-state index in [-0.39, 0.29) is 19.1 Å². The minimum absolute atomic E-state index is 0.0994. The first-order valence-corrected chi connectivity index (χ1v) is 10.6. The van der Waals surface area contributed by atoms with Gasteiger partial charge in [-0.15, -0.1) is 5.98 Å². The van der Waals surface area contributed by atoms with Crippen molar-refractivity contribution in [1.82, 2.24) is 4.90 Å². The van der Waals surface area contributed by atoms with Crippen LogP contribution in [0.15, 0.2) is 36.3 Å². The second kappa shape index (κ2) is 7.24. The van der Waals surface area contributed by atoms with Gasteiger partial charge in [0.15, 0.2) is 0 Å². The summed E-state index contributed by atoms with van der Waals surface area (Å²) >= 11 is 0. The van der Waals surface area contributed by atoms with E-state index in [1.54, 1.807) is 12.1 Å². The minimum atomic E-state index is -2.39. The van der Waals surface area contributed by atoms with Gasteiger partial charge in [-0.1, -0.05) is 57.2 Å². The Kier molecular flexibility index (Phi) is 5.02. The van der Waals surface area contributed by atoms with Crippen LogP contribution in [0, 0.1) is 30.0 Å². The molecule has 6 heteroatoms. The average molecular weight is 395 g/mol. The van der Waals surface area contributed by atoms with E-state index in [1.807, 2.05) is 35.2 Å². The predicted molar refractivity (Wildman–Crippen MR) is 113 cm³/mol.